The number of ether oxygens (including phenoxy) is 1. The Morgan fingerprint density at radius 3 is 1.38 bits per heavy atom. The molecule has 12 rings (SSSR count). The molecule has 0 aromatic heterocycles. The van der Waals surface area contributed by atoms with Gasteiger partial charge in [-0.15, -0.1) is 0 Å². The van der Waals surface area contributed by atoms with Crippen LogP contribution in [0.15, 0.2) is 249 Å². The first kappa shape index (κ1) is 36.6. The third-order valence-corrected chi connectivity index (χ3v) is 13.0. The second-order valence-electron chi connectivity index (χ2n) is 16.4. The van der Waals surface area contributed by atoms with Crippen molar-refractivity contribution in [2.75, 3.05) is 4.90 Å². The molecule has 0 saturated carbocycles. The first-order chi connectivity index (χ1) is 31.2. The summed E-state index contributed by atoms with van der Waals surface area (Å²) in [6, 6.07) is 90.1. The normalized spacial score (nSPS) is 12.7. The Kier molecular flexibility index (Phi) is 8.76. The monoisotopic (exact) mass is 803 g/mol. The molecule has 1 aliphatic carbocycles. The van der Waals surface area contributed by atoms with Crippen molar-refractivity contribution in [3.8, 4) is 67.1 Å². The van der Waals surface area contributed by atoms with E-state index in [4.69, 9.17) is 4.74 Å². The molecule has 1 heterocycles. The molecule has 63 heavy (non-hydrogen) atoms. The molecule has 10 aromatic rings. The number of benzene rings is 10. The number of rotatable bonds is 7. The second-order valence-corrected chi connectivity index (χ2v) is 16.4. The molecule has 0 unspecified atom stereocenters. The Morgan fingerprint density at radius 2 is 0.730 bits per heavy atom. The van der Waals surface area contributed by atoms with Gasteiger partial charge in [0.05, 0.1) is 5.41 Å². The third kappa shape index (κ3) is 6.02. The SMILES string of the molecule is c1ccc(-c2ccc(N(c3ccc4c(c3)Oc3ccc(-c5ccccc5)cc3-c3ccccc3-4)c3ccc4c(c3)C(c3ccccc3)(c3ccccc3)c3ccccc3-4)cc2)cc1. The van der Waals surface area contributed by atoms with Crippen molar-refractivity contribution < 1.29 is 4.74 Å². The maximum Gasteiger partial charge on any atom is 0.137 e. The molecule has 0 N–H and O–H groups in total. The van der Waals surface area contributed by atoms with E-state index in [2.05, 4.69) is 254 Å². The predicted octanol–water partition coefficient (Wildman–Crippen LogP) is 16.3. The van der Waals surface area contributed by atoms with Gasteiger partial charge >= 0.3 is 0 Å². The molecule has 10 aromatic carbocycles. The maximum absolute atomic E-state index is 7.05. The number of anilines is 3. The summed E-state index contributed by atoms with van der Waals surface area (Å²) in [5.41, 5.74) is 19.3. The number of hydrogen-bond donors (Lipinski definition) is 0. The van der Waals surface area contributed by atoms with E-state index in [1.165, 1.54) is 50.1 Å². The minimum absolute atomic E-state index is 0.532. The summed E-state index contributed by atoms with van der Waals surface area (Å²) in [7, 11) is 0. The van der Waals surface area contributed by atoms with Gasteiger partial charge in [-0.3, -0.25) is 0 Å². The molecule has 0 atom stereocenters. The summed E-state index contributed by atoms with van der Waals surface area (Å²) in [5, 5.41) is 0. The summed E-state index contributed by atoms with van der Waals surface area (Å²) in [6.07, 6.45) is 0. The van der Waals surface area contributed by atoms with E-state index in [0.29, 0.717) is 0 Å². The second kappa shape index (κ2) is 15.1. The van der Waals surface area contributed by atoms with Crippen molar-refractivity contribution in [3.63, 3.8) is 0 Å². The van der Waals surface area contributed by atoms with Crippen LogP contribution in [0, 0.1) is 0 Å². The molecule has 296 valence electrons. The zero-order valence-corrected chi connectivity index (χ0v) is 34.5. The molecule has 0 spiro atoms. The highest BCUT2D eigenvalue weighted by atomic mass is 16.5. The van der Waals surface area contributed by atoms with E-state index in [1.807, 2.05) is 0 Å². The van der Waals surface area contributed by atoms with Crippen LogP contribution in [-0.4, -0.2) is 0 Å². The smallest absolute Gasteiger partial charge is 0.137 e. The van der Waals surface area contributed by atoms with Crippen molar-refractivity contribution in [2.45, 2.75) is 5.41 Å². The van der Waals surface area contributed by atoms with Crippen molar-refractivity contribution in [1.82, 2.24) is 0 Å². The Balaban J connectivity index is 1.06. The molecule has 2 aliphatic rings. The fraction of sp³-hybridized carbons (Fsp3) is 0.0164. The molecule has 0 fully saturated rings. The molecule has 1 aliphatic heterocycles. The minimum atomic E-state index is -0.532. The molecule has 0 bridgehead atoms. The van der Waals surface area contributed by atoms with Crippen LogP contribution in [0.4, 0.5) is 17.1 Å². The highest BCUT2D eigenvalue weighted by Crippen LogP contribution is 2.58. The minimum Gasteiger partial charge on any atom is -0.456 e. The van der Waals surface area contributed by atoms with Gasteiger partial charge in [-0.2, -0.15) is 0 Å². The zero-order valence-electron chi connectivity index (χ0n) is 34.5. The van der Waals surface area contributed by atoms with Crippen molar-refractivity contribution >= 4 is 17.1 Å². The van der Waals surface area contributed by atoms with Gasteiger partial charge in [0.15, 0.2) is 0 Å². The molecule has 0 amide bonds. The first-order valence-corrected chi connectivity index (χ1v) is 21.7. The first-order valence-electron chi connectivity index (χ1n) is 21.7. The van der Waals surface area contributed by atoms with Crippen molar-refractivity contribution in [1.29, 1.82) is 0 Å². The van der Waals surface area contributed by atoms with E-state index < -0.39 is 5.41 Å². The average molecular weight is 804 g/mol. The van der Waals surface area contributed by atoms with Crippen LogP contribution in [0.25, 0.3) is 55.6 Å². The number of fused-ring (bicyclic) bond motifs is 8. The standard InChI is InChI=1S/C61H41NO/c1-5-17-42(18-6-1)44-29-32-48(33-30-44)62(49-34-36-54-53-27-15-16-28-57(53)61(58(54)40-49,46-21-9-3-10-22-46)47-23-11-4-12-24-47)50-35-37-55-51-25-13-14-26-52(51)56-39-45(43-19-7-2-8-20-43)31-38-59(56)63-60(55)41-50/h1-41H. The quantitative estimate of drug-likeness (QED) is 0.159. The van der Waals surface area contributed by atoms with Crippen LogP contribution in [0.1, 0.15) is 22.3 Å². The lowest BCUT2D eigenvalue weighted by Gasteiger charge is -2.35. The van der Waals surface area contributed by atoms with Gasteiger partial charge in [-0.1, -0.05) is 194 Å². The van der Waals surface area contributed by atoms with Crippen LogP contribution in [0.3, 0.4) is 0 Å². The van der Waals surface area contributed by atoms with Gasteiger partial charge in [0.1, 0.15) is 11.5 Å². The predicted molar refractivity (Wildman–Crippen MR) is 260 cm³/mol. The van der Waals surface area contributed by atoms with Gasteiger partial charge in [0.2, 0.25) is 0 Å². The van der Waals surface area contributed by atoms with Gasteiger partial charge in [-0.05, 0) is 115 Å². The maximum atomic E-state index is 7.05. The van der Waals surface area contributed by atoms with E-state index in [-0.39, 0.29) is 0 Å². The highest BCUT2D eigenvalue weighted by Gasteiger charge is 2.46. The van der Waals surface area contributed by atoms with Gasteiger partial charge in [-0.25, -0.2) is 0 Å². The Morgan fingerprint density at radius 1 is 0.270 bits per heavy atom. The Hall–Kier alpha value is -8.20. The van der Waals surface area contributed by atoms with E-state index >= 15 is 0 Å². The molecular weight excluding hydrogens is 763 g/mol. The molecule has 2 nitrogen and oxygen atoms in total. The molecular formula is C61H41NO. The van der Waals surface area contributed by atoms with Crippen molar-refractivity contribution in [3.05, 3.63) is 271 Å². The lowest BCUT2D eigenvalue weighted by atomic mass is 9.67. The van der Waals surface area contributed by atoms with E-state index in [9.17, 15) is 0 Å². The fourth-order valence-corrected chi connectivity index (χ4v) is 10.1. The summed E-state index contributed by atoms with van der Waals surface area (Å²) in [4.78, 5) is 2.39. The summed E-state index contributed by atoms with van der Waals surface area (Å²) in [6.45, 7) is 0. The van der Waals surface area contributed by atoms with Crippen molar-refractivity contribution in [2.24, 2.45) is 0 Å². The largest absolute Gasteiger partial charge is 0.456 e. The van der Waals surface area contributed by atoms with Crippen LogP contribution >= 0.6 is 0 Å². The fourth-order valence-electron chi connectivity index (χ4n) is 10.1. The zero-order chi connectivity index (χ0) is 41.7. The lowest BCUT2D eigenvalue weighted by Crippen LogP contribution is -2.28. The third-order valence-electron chi connectivity index (χ3n) is 13.0. The van der Waals surface area contributed by atoms with E-state index in [0.717, 1.165) is 56.4 Å². The van der Waals surface area contributed by atoms with Crippen LogP contribution in [0.2, 0.25) is 0 Å². The Labute approximate surface area is 368 Å². The Bertz CT molecular complexity index is 3250. The van der Waals surface area contributed by atoms with Crippen LogP contribution in [0.5, 0.6) is 11.5 Å². The lowest BCUT2D eigenvalue weighted by molar-refractivity contribution is 0.488. The molecule has 2 heteroatoms. The summed E-state index contributed by atoms with van der Waals surface area (Å²) in [5.74, 6) is 1.65. The number of hydrogen-bond acceptors (Lipinski definition) is 2. The van der Waals surface area contributed by atoms with Gasteiger partial charge in [0, 0.05) is 34.3 Å². The van der Waals surface area contributed by atoms with Crippen LogP contribution < -0.4 is 9.64 Å². The highest BCUT2D eigenvalue weighted by molar-refractivity contribution is 5.94. The van der Waals surface area contributed by atoms with Crippen LogP contribution in [-0.2, 0) is 5.41 Å². The average Bonchev–Trinajstić information content (AvgIpc) is 3.58. The van der Waals surface area contributed by atoms with Gasteiger partial charge in [0.25, 0.3) is 0 Å². The molecule has 0 radical (unpaired) electrons. The summed E-state index contributed by atoms with van der Waals surface area (Å²) < 4.78 is 7.05. The van der Waals surface area contributed by atoms with E-state index in [1.54, 1.807) is 0 Å². The number of nitrogens with zero attached hydrogens (tertiary/aromatic N) is 1. The van der Waals surface area contributed by atoms with Gasteiger partial charge < -0.3 is 9.64 Å². The molecule has 0 saturated heterocycles. The summed E-state index contributed by atoms with van der Waals surface area (Å²) >= 11 is 0. The topological polar surface area (TPSA) is 12.5 Å².